The van der Waals surface area contributed by atoms with E-state index in [4.69, 9.17) is 21.4 Å². The molecule has 1 aromatic rings. The Morgan fingerprint density at radius 1 is 1.79 bits per heavy atom. The highest BCUT2D eigenvalue weighted by molar-refractivity contribution is 6.32. The molecule has 1 rings (SSSR count). The number of halogens is 1. The fourth-order valence-electron chi connectivity index (χ4n) is 0.883. The molecule has 14 heavy (non-hydrogen) atoms. The maximum atomic E-state index is 10.8. The summed E-state index contributed by atoms with van der Waals surface area (Å²) in [6, 6.07) is 1.44. The molecule has 0 saturated carbocycles. The first-order chi connectivity index (χ1) is 6.66. The van der Waals surface area contributed by atoms with Crippen LogP contribution in [0.2, 0.25) is 5.15 Å². The molecule has 74 valence electrons. The maximum absolute atomic E-state index is 10.8. The molecular formula is C9H8ClNO3. The molecule has 0 unspecified atom stereocenters. The van der Waals surface area contributed by atoms with Gasteiger partial charge in [0, 0.05) is 6.20 Å². The van der Waals surface area contributed by atoms with Gasteiger partial charge in [0.25, 0.3) is 0 Å². The van der Waals surface area contributed by atoms with E-state index in [9.17, 15) is 4.79 Å². The molecule has 0 amide bonds. The minimum absolute atomic E-state index is 0.0842. The topological polar surface area (TPSA) is 59.4 Å². The van der Waals surface area contributed by atoms with Gasteiger partial charge in [-0.25, -0.2) is 9.78 Å². The SMILES string of the molecule is C=CCOc1ccnc(Cl)c1C(=O)O. The van der Waals surface area contributed by atoms with Crippen molar-refractivity contribution in [1.29, 1.82) is 0 Å². The minimum atomic E-state index is -1.16. The van der Waals surface area contributed by atoms with Gasteiger partial charge in [-0.3, -0.25) is 0 Å². The number of aromatic nitrogens is 1. The van der Waals surface area contributed by atoms with Crippen LogP contribution >= 0.6 is 11.6 Å². The molecule has 0 atom stereocenters. The Hall–Kier alpha value is -1.55. The summed E-state index contributed by atoms with van der Waals surface area (Å²) in [5.41, 5.74) is -0.129. The summed E-state index contributed by atoms with van der Waals surface area (Å²) >= 11 is 5.61. The number of rotatable bonds is 4. The zero-order valence-corrected chi connectivity index (χ0v) is 7.99. The molecule has 0 aliphatic rings. The lowest BCUT2D eigenvalue weighted by molar-refractivity contribution is 0.0692. The normalized spacial score (nSPS) is 9.50. The van der Waals surface area contributed by atoms with Crippen LogP contribution in [0.5, 0.6) is 5.75 Å². The number of pyridine rings is 1. The molecule has 0 spiro atoms. The summed E-state index contributed by atoms with van der Waals surface area (Å²) < 4.78 is 5.11. The van der Waals surface area contributed by atoms with E-state index in [1.54, 1.807) is 0 Å². The smallest absolute Gasteiger partial charge is 0.342 e. The largest absolute Gasteiger partial charge is 0.488 e. The molecule has 1 aromatic heterocycles. The van der Waals surface area contributed by atoms with Gasteiger partial charge < -0.3 is 9.84 Å². The van der Waals surface area contributed by atoms with Crippen molar-refractivity contribution in [2.24, 2.45) is 0 Å². The molecule has 0 aliphatic carbocycles. The van der Waals surface area contributed by atoms with Crippen molar-refractivity contribution in [2.45, 2.75) is 0 Å². The van der Waals surface area contributed by atoms with Crippen LogP contribution in [0.4, 0.5) is 0 Å². The number of hydrogen-bond acceptors (Lipinski definition) is 3. The van der Waals surface area contributed by atoms with E-state index in [1.165, 1.54) is 18.3 Å². The fraction of sp³-hybridized carbons (Fsp3) is 0.111. The summed E-state index contributed by atoms with van der Waals surface area (Å²) in [4.78, 5) is 14.4. The highest BCUT2D eigenvalue weighted by Gasteiger charge is 2.16. The van der Waals surface area contributed by atoms with E-state index < -0.39 is 5.97 Å². The van der Waals surface area contributed by atoms with Crippen molar-refractivity contribution >= 4 is 17.6 Å². The molecule has 1 heterocycles. The standard InChI is InChI=1S/C9H8ClNO3/c1-2-5-14-6-3-4-11-8(10)7(6)9(12)13/h2-4H,1,5H2,(H,12,13). The van der Waals surface area contributed by atoms with Crippen LogP contribution in [0.1, 0.15) is 10.4 Å². The average molecular weight is 214 g/mol. The number of carbonyl (C=O) groups is 1. The monoisotopic (exact) mass is 213 g/mol. The van der Waals surface area contributed by atoms with Crippen molar-refractivity contribution in [2.75, 3.05) is 6.61 Å². The summed E-state index contributed by atoms with van der Waals surface area (Å²) in [6.45, 7) is 3.67. The first-order valence-corrected chi connectivity index (χ1v) is 4.16. The van der Waals surface area contributed by atoms with Crippen molar-refractivity contribution < 1.29 is 14.6 Å². The second kappa shape index (κ2) is 4.62. The first-order valence-electron chi connectivity index (χ1n) is 3.78. The Kier molecular flexibility index (Phi) is 3.48. The number of hydrogen-bond donors (Lipinski definition) is 1. The third kappa shape index (κ3) is 2.23. The van der Waals surface area contributed by atoms with Crippen LogP contribution in [-0.2, 0) is 0 Å². The van der Waals surface area contributed by atoms with Gasteiger partial charge in [-0.2, -0.15) is 0 Å². The second-order valence-corrected chi connectivity index (χ2v) is 2.74. The van der Waals surface area contributed by atoms with Gasteiger partial charge in [-0.1, -0.05) is 24.3 Å². The quantitative estimate of drug-likeness (QED) is 0.614. The Morgan fingerprint density at radius 3 is 3.07 bits per heavy atom. The zero-order chi connectivity index (χ0) is 10.6. The van der Waals surface area contributed by atoms with E-state index in [1.807, 2.05) is 0 Å². The van der Waals surface area contributed by atoms with Gasteiger partial charge in [0.15, 0.2) is 0 Å². The Balaban J connectivity index is 3.07. The summed E-state index contributed by atoms with van der Waals surface area (Å²) in [7, 11) is 0. The molecule has 4 nitrogen and oxygen atoms in total. The summed E-state index contributed by atoms with van der Waals surface area (Å²) in [5.74, 6) is -0.973. The van der Waals surface area contributed by atoms with Crippen LogP contribution in [0.15, 0.2) is 24.9 Å². The third-order valence-corrected chi connectivity index (χ3v) is 1.72. The van der Waals surface area contributed by atoms with Crippen molar-refractivity contribution in [3.63, 3.8) is 0 Å². The molecule has 0 aliphatic heterocycles. The van der Waals surface area contributed by atoms with Gasteiger partial charge >= 0.3 is 5.97 Å². The average Bonchev–Trinajstić information content (AvgIpc) is 2.14. The second-order valence-electron chi connectivity index (χ2n) is 2.38. The molecule has 0 radical (unpaired) electrons. The Labute approximate surface area is 85.8 Å². The van der Waals surface area contributed by atoms with Crippen molar-refractivity contribution in [3.05, 3.63) is 35.6 Å². The van der Waals surface area contributed by atoms with Crippen LogP contribution < -0.4 is 4.74 Å². The van der Waals surface area contributed by atoms with Gasteiger partial charge in [0.2, 0.25) is 0 Å². The van der Waals surface area contributed by atoms with E-state index in [2.05, 4.69) is 11.6 Å². The van der Waals surface area contributed by atoms with E-state index in [0.717, 1.165) is 0 Å². The molecule has 0 aromatic carbocycles. The number of aromatic carboxylic acids is 1. The number of carboxylic acid groups (broad SMARTS) is 1. The molecule has 0 saturated heterocycles. The lowest BCUT2D eigenvalue weighted by atomic mass is 10.2. The highest BCUT2D eigenvalue weighted by atomic mass is 35.5. The van der Waals surface area contributed by atoms with Gasteiger partial charge in [0.1, 0.15) is 23.1 Å². The van der Waals surface area contributed by atoms with Gasteiger partial charge in [0.05, 0.1) is 0 Å². The zero-order valence-electron chi connectivity index (χ0n) is 7.24. The molecule has 5 heteroatoms. The van der Waals surface area contributed by atoms with E-state index in [0.29, 0.717) is 0 Å². The highest BCUT2D eigenvalue weighted by Crippen LogP contribution is 2.23. The Morgan fingerprint density at radius 2 is 2.50 bits per heavy atom. The molecule has 0 fully saturated rings. The molecule has 1 N–H and O–H groups in total. The van der Waals surface area contributed by atoms with Gasteiger partial charge in [-0.15, -0.1) is 0 Å². The minimum Gasteiger partial charge on any atom is -0.488 e. The van der Waals surface area contributed by atoms with Crippen LogP contribution in [0, 0.1) is 0 Å². The number of nitrogens with zero attached hydrogens (tertiary/aromatic N) is 1. The summed E-state index contributed by atoms with van der Waals surface area (Å²) in [5, 5.41) is 8.73. The molecule has 0 bridgehead atoms. The third-order valence-electron chi connectivity index (χ3n) is 1.44. The first kappa shape index (κ1) is 10.5. The summed E-state index contributed by atoms with van der Waals surface area (Å²) in [6.07, 6.45) is 2.90. The predicted molar refractivity (Wildman–Crippen MR) is 51.9 cm³/mol. The molecular weight excluding hydrogens is 206 g/mol. The van der Waals surface area contributed by atoms with Crippen LogP contribution in [-0.4, -0.2) is 22.7 Å². The Bertz CT molecular complexity index is 365. The van der Waals surface area contributed by atoms with E-state index >= 15 is 0 Å². The lowest BCUT2D eigenvalue weighted by Gasteiger charge is -2.06. The number of carboxylic acids is 1. The fourth-order valence-corrected chi connectivity index (χ4v) is 1.11. The lowest BCUT2D eigenvalue weighted by Crippen LogP contribution is -2.04. The predicted octanol–water partition coefficient (Wildman–Crippen LogP) is 2.00. The van der Waals surface area contributed by atoms with Gasteiger partial charge in [-0.05, 0) is 6.07 Å². The van der Waals surface area contributed by atoms with Crippen molar-refractivity contribution in [3.8, 4) is 5.75 Å². The number of ether oxygens (including phenoxy) is 1. The van der Waals surface area contributed by atoms with E-state index in [-0.39, 0.29) is 23.1 Å². The van der Waals surface area contributed by atoms with Crippen LogP contribution in [0.3, 0.4) is 0 Å². The maximum Gasteiger partial charge on any atom is 0.342 e. The van der Waals surface area contributed by atoms with Crippen molar-refractivity contribution in [1.82, 2.24) is 4.98 Å². The van der Waals surface area contributed by atoms with Crippen LogP contribution in [0.25, 0.3) is 0 Å².